The van der Waals surface area contributed by atoms with E-state index in [0.717, 1.165) is 6.07 Å². The Morgan fingerprint density at radius 3 is 2.39 bits per heavy atom. The zero-order chi connectivity index (χ0) is 23.6. The van der Waals surface area contributed by atoms with Crippen LogP contribution in [0.25, 0.3) is 11.0 Å². The number of carbonyl (C=O) groups is 1. The first-order chi connectivity index (χ1) is 15.7. The summed E-state index contributed by atoms with van der Waals surface area (Å²) < 4.78 is 27.7. The predicted molar refractivity (Wildman–Crippen MR) is 123 cm³/mol. The number of nitrogens with one attached hydrogen (secondary N) is 2. The van der Waals surface area contributed by atoms with Crippen LogP contribution in [0.15, 0.2) is 77.8 Å². The largest absolute Gasteiger partial charge is 0.322 e. The Morgan fingerprint density at radius 1 is 1.00 bits per heavy atom. The number of para-hydroxylation sites is 2. The number of hydrogen-bond donors (Lipinski definition) is 2. The molecule has 0 unspecified atom stereocenters. The van der Waals surface area contributed by atoms with Gasteiger partial charge in [-0.25, -0.2) is 13.4 Å². The minimum Gasteiger partial charge on any atom is -0.322 e. The van der Waals surface area contributed by atoms with Crippen LogP contribution in [0.1, 0.15) is 10.4 Å². The first kappa shape index (κ1) is 22.1. The molecule has 0 saturated heterocycles. The Balaban J connectivity index is 1.51. The van der Waals surface area contributed by atoms with Gasteiger partial charge in [0, 0.05) is 17.8 Å². The Kier molecular flexibility index (Phi) is 5.90. The van der Waals surface area contributed by atoms with Gasteiger partial charge in [-0.2, -0.15) is 0 Å². The quantitative estimate of drug-likeness (QED) is 0.308. The predicted octanol–water partition coefficient (Wildman–Crippen LogP) is 4.24. The number of nitro benzene ring substituents is 1. The molecule has 33 heavy (non-hydrogen) atoms. The number of sulfonamides is 1. The third kappa shape index (κ3) is 4.89. The van der Waals surface area contributed by atoms with Crippen LogP contribution >= 0.6 is 11.6 Å². The lowest BCUT2D eigenvalue weighted by Gasteiger charge is -2.10. The van der Waals surface area contributed by atoms with Gasteiger partial charge in [0.05, 0.1) is 37.6 Å². The summed E-state index contributed by atoms with van der Waals surface area (Å²) in [4.78, 5) is 31.1. The SMILES string of the molecule is O=C(Nc1ccc(S(=O)(=O)Nc2cnc3ccccc3n2)cc1)c1cc([N+](=O)[O-])ccc1Cl. The molecule has 0 spiro atoms. The summed E-state index contributed by atoms with van der Waals surface area (Å²) in [6.07, 6.45) is 1.32. The lowest BCUT2D eigenvalue weighted by atomic mass is 10.2. The van der Waals surface area contributed by atoms with Crippen LogP contribution in [0.2, 0.25) is 5.02 Å². The average Bonchev–Trinajstić information content (AvgIpc) is 2.79. The van der Waals surface area contributed by atoms with Crippen LogP contribution < -0.4 is 10.0 Å². The summed E-state index contributed by atoms with van der Waals surface area (Å²) >= 11 is 5.98. The number of nitro groups is 1. The van der Waals surface area contributed by atoms with Crippen molar-refractivity contribution >= 4 is 55.8 Å². The summed E-state index contributed by atoms with van der Waals surface area (Å²) in [6.45, 7) is 0. The van der Waals surface area contributed by atoms with E-state index in [4.69, 9.17) is 11.6 Å². The number of aromatic nitrogens is 2. The number of hydrogen-bond acceptors (Lipinski definition) is 7. The number of halogens is 1. The summed E-state index contributed by atoms with van der Waals surface area (Å²) in [5, 5.41) is 13.5. The molecule has 0 aliphatic carbocycles. The highest BCUT2D eigenvalue weighted by Gasteiger charge is 2.18. The second-order valence-electron chi connectivity index (χ2n) is 6.75. The highest BCUT2D eigenvalue weighted by atomic mass is 35.5. The highest BCUT2D eigenvalue weighted by Crippen LogP contribution is 2.24. The number of fused-ring (bicyclic) bond motifs is 1. The number of anilines is 2. The van der Waals surface area contributed by atoms with Gasteiger partial charge in [0.25, 0.3) is 21.6 Å². The van der Waals surface area contributed by atoms with Gasteiger partial charge in [0.2, 0.25) is 0 Å². The van der Waals surface area contributed by atoms with E-state index in [9.17, 15) is 23.3 Å². The van der Waals surface area contributed by atoms with Gasteiger partial charge in [0.1, 0.15) is 0 Å². The molecular formula is C21H14ClN5O5S. The standard InChI is InChI=1S/C21H14ClN5O5S/c22-17-10-7-14(27(29)30)11-16(17)21(28)24-13-5-8-15(9-6-13)33(31,32)26-20-12-23-18-3-1-2-4-19(18)25-20/h1-12H,(H,24,28)(H,25,26). The summed E-state index contributed by atoms with van der Waals surface area (Å²) in [6, 6.07) is 15.9. The molecule has 12 heteroatoms. The number of amides is 1. The molecule has 10 nitrogen and oxygen atoms in total. The fourth-order valence-corrected chi connectivity index (χ4v) is 4.11. The molecule has 0 aliphatic heterocycles. The number of carbonyl (C=O) groups excluding carboxylic acids is 1. The fourth-order valence-electron chi connectivity index (χ4n) is 2.92. The van der Waals surface area contributed by atoms with E-state index in [1.54, 1.807) is 24.3 Å². The van der Waals surface area contributed by atoms with Crippen LogP contribution in [-0.4, -0.2) is 29.2 Å². The van der Waals surface area contributed by atoms with Gasteiger partial charge in [-0.05, 0) is 42.5 Å². The van der Waals surface area contributed by atoms with Crippen molar-refractivity contribution in [1.29, 1.82) is 0 Å². The Morgan fingerprint density at radius 2 is 1.70 bits per heavy atom. The number of benzene rings is 3. The van der Waals surface area contributed by atoms with Crippen LogP contribution in [0.5, 0.6) is 0 Å². The van der Waals surface area contributed by atoms with E-state index in [1.165, 1.54) is 42.6 Å². The Hall–Kier alpha value is -4.09. The molecule has 0 atom stereocenters. The zero-order valence-corrected chi connectivity index (χ0v) is 18.2. The minimum atomic E-state index is -3.96. The summed E-state index contributed by atoms with van der Waals surface area (Å²) in [5.41, 5.74) is 1.07. The molecule has 1 aromatic heterocycles. The normalized spacial score (nSPS) is 11.2. The van der Waals surface area contributed by atoms with Crippen LogP contribution in [0.3, 0.4) is 0 Å². The topological polar surface area (TPSA) is 144 Å². The highest BCUT2D eigenvalue weighted by molar-refractivity contribution is 7.92. The summed E-state index contributed by atoms with van der Waals surface area (Å²) in [5.74, 6) is -0.615. The molecule has 166 valence electrons. The first-order valence-electron chi connectivity index (χ1n) is 9.33. The van der Waals surface area contributed by atoms with Crippen molar-refractivity contribution in [2.45, 2.75) is 4.90 Å². The maximum atomic E-state index is 12.7. The van der Waals surface area contributed by atoms with E-state index >= 15 is 0 Å². The number of nitrogens with zero attached hydrogens (tertiary/aromatic N) is 3. The van der Waals surface area contributed by atoms with Crippen molar-refractivity contribution in [3.8, 4) is 0 Å². The van der Waals surface area contributed by atoms with E-state index in [-0.39, 0.29) is 32.7 Å². The zero-order valence-electron chi connectivity index (χ0n) is 16.6. The van der Waals surface area contributed by atoms with Gasteiger partial charge >= 0.3 is 0 Å². The van der Waals surface area contributed by atoms with E-state index in [2.05, 4.69) is 20.0 Å². The van der Waals surface area contributed by atoms with Crippen molar-refractivity contribution in [3.05, 3.63) is 93.6 Å². The third-order valence-corrected chi connectivity index (χ3v) is 6.22. The van der Waals surface area contributed by atoms with Gasteiger partial charge in [-0.1, -0.05) is 23.7 Å². The van der Waals surface area contributed by atoms with Gasteiger partial charge < -0.3 is 5.32 Å². The van der Waals surface area contributed by atoms with Gasteiger partial charge in [-0.15, -0.1) is 0 Å². The average molecular weight is 484 g/mol. The summed E-state index contributed by atoms with van der Waals surface area (Å²) in [7, 11) is -3.96. The minimum absolute atomic E-state index is 0.0398. The smallest absolute Gasteiger partial charge is 0.270 e. The van der Waals surface area contributed by atoms with Crippen molar-refractivity contribution in [3.63, 3.8) is 0 Å². The maximum absolute atomic E-state index is 12.7. The van der Waals surface area contributed by atoms with Crippen molar-refractivity contribution in [1.82, 2.24) is 9.97 Å². The maximum Gasteiger partial charge on any atom is 0.270 e. The number of non-ortho nitro benzene ring substituents is 1. The van der Waals surface area contributed by atoms with Crippen LogP contribution in [-0.2, 0) is 10.0 Å². The first-order valence-corrected chi connectivity index (χ1v) is 11.2. The molecule has 0 saturated carbocycles. The van der Waals surface area contributed by atoms with E-state index in [0.29, 0.717) is 11.0 Å². The van der Waals surface area contributed by atoms with E-state index < -0.39 is 20.9 Å². The molecule has 0 aliphatic rings. The second kappa shape index (κ2) is 8.81. The lowest BCUT2D eigenvalue weighted by molar-refractivity contribution is -0.384. The van der Waals surface area contributed by atoms with Gasteiger partial charge in [-0.3, -0.25) is 24.6 Å². The third-order valence-electron chi connectivity index (χ3n) is 4.52. The molecule has 1 heterocycles. The number of rotatable bonds is 6. The molecule has 2 N–H and O–H groups in total. The second-order valence-corrected chi connectivity index (χ2v) is 8.84. The molecule has 1 amide bonds. The van der Waals surface area contributed by atoms with Crippen LogP contribution in [0.4, 0.5) is 17.2 Å². The lowest BCUT2D eigenvalue weighted by Crippen LogP contribution is -2.15. The Labute approximate surface area is 192 Å². The van der Waals surface area contributed by atoms with E-state index in [1.807, 2.05) is 0 Å². The molecule has 4 aromatic rings. The molecule has 0 bridgehead atoms. The fraction of sp³-hybridized carbons (Fsp3) is 0. The van der Waals surface area contributed by atoms with Crippen molar-refractivity contribution < 1.29 is 18.1 Å². The molecule has 4 rings (SSSR count). The monoisotopic (exact) mass is 483 g/mol. The molecule has 3 aromatic carbocycles. The van der Waals surface area contributed by atoms with Gasteiger partial charge in [0.15, 0.2) is 5.82 Å². The Bertz CT molecular complexity index is 1490. The molecular weight excluding hydrogens is 470 g/mol. The van der Waals surface area contributed by atoms with Crippen LogP contribution in [0, 0.1) is 10.1 Å². The van der Waals surface area contributed by atoms with Crippen molar-refractivity contribution in [2.75, 3.05) is 10.0 Å². The molecule has 0 radical (unpaired) electrons. The van der Waals surface area contributed by atoms with Crippen molar-refractivity contribution in [2.24, 2.45) is 0 Å². The molecule has 0 fully saturated rings.